The zero-order valence-corrected chi connectivity index (χ0v) is 15.5. The third kappa shape index (κ3) is 2.77. The van der Waals surface area contributed by atoms with Gasteiger partial charge in [0.1, 0.15) is 0 Å². The fraction of sp³-hybridized carbons (Fsp3) is 0.261. The van der Waals surface area contributed by atoms with Gasteiger partial charge in [0.2, 0.25) is 0 Å². The summed E-state index contributed by atoms with van der Waals surface area (Å²) in [5.74, 6) is 0. The summed E-state index contributed by atoms with van der Waals surface area (Å²) in [5, 5.41) is 1.26. The molecule has 0 amide bonds. The molecule has 5 rings (SSSR count). The fourth-order valence-corrected chi connectivity index (χ4v) is 4.15. The predicted molar refractivity (Wildman–Crippen MR) is 109 cm³/mol. The lowest BCUT2D eigenvalue weighted by atomic mass is 10.0. The van der Waals surface area contributed by atoms with E-state index >= 15 is 0 Å². The highest BCUT2D eigenvalue weighted by Crippen LogP contribution is 2.38. The molecule has 1 unspecified atom stereocenters. The van der Waals surface area contributed by atoms with E-state index in [2.05, 4.69) is 65.0 Å². The van der Waals surface area contributed by atoms with Crippen LogP contribution in [0, 0.1) is 6.92 Å². The van der Waals surface area contributed by atoms with Gasteiger partial charge in [-0.15, -0.1) is 0 Å². The molecule has 0 aliphatic carbocycles. The molecule has 0 saturated carbocycles. The molecule has 1 aliphatic rings. The number of hydrogen-bond acceptors (Lipinski definition) is 2. The molecule has 136 valence electrons. The van der Waals surface area contributed by atoms with Gasteiger partial charge in [-0.25, -0.2) is 4.98 Å². The monoisotopic (exact) mass is 357 g/mol. The number of benzene rings is 2. The maximum absolute atomic E-state index is 5.77. The van der Waals surface area contributed by atoms with E-state index in [-0.39, 0.29) is 0 Å². The summed E-state index contributed by atoms with van der Waals surface area (Å²) in [7, 11) is 0. The molecule has 1 saturated heterocycles. The number of nitrogens with one attached hydrogen (secondary N) is 1. The van der Waals surface area contributed by atoms with Crippen molar-refractivity contribution in [2.75, 3.05) is 13.2 Å². The van der Waals surface area contributed by atoms with Crippen LogP contribution in [-0.2, 0) is 4.74 Å². The smallest absolute Gasteiger partial charge is 0.0978 e. The molecule has 1 aliphatic heterocycles. The Bertz CT molecular complexity index is 1070. The molecule has 4 heteroatoms. The van der Waals surface area contributed by atoms with Gasteiger partial charge in [-0.3, -0.25) is 0 Å². The van der Waals surface area contributed by atoms with E-state index in [9.17, 15) is 0 Å². The molecule has 1 fully saturated rings. The lowest BCUT2D eigenvalue weighted by Crippen LogP contribution is -2.21. The summed E-state index contributed by atoms with van der Waals surface area (Å²) in [6.07, 6.45) is 4.20. The maximum atomic E-state index is 5.77. The van der Waals surface area contributed by atoms with Crippen LogP contribution >= 0.6 is 0 Å². The number of aryl methyl sites for hydroxylation is 1. The Kier molecular flexibility index (Phi) is 4.06. The van der Waals surface area contributed by atoms with Crippen molar-refractivity contribution in [3.63, 3.8) is 0 Å². The third-order valence-corrected chi connectivity index (χ3v) is 5.57. The highest BCUT2D eigenvalue weighted by atomic mass is 16.5. The number of ether oxygens (including phenoxy) is 1. The van der Waals surface area contributed by atoms with E-state index in [1.54, 1.807) is 0 Å². The lowest BCUT2D eigenvalue weighted by Gasteiger charge is -2.25. The van der Waals surface area contributed by atoms with Crippen LogP contribution in [0.3, 0.4) is 0 Å². The normalized spacial score (nSPS) is 17.4. The zero-order valence-electron chi connectivity index (χ0n) is 15.5. The topological polar surface area (TPSA) is 42.8 Å². The molecule has 0 bridgehead atoms. The maximum Gasteiger partial charge on any atom is 0.0978 e. The number of aromatic amines is 1. The van der Waals surface area contributed by atoms with Crippen LogP contribution in [0.15, 0.2) is 60.9 Å². The first-order valence-electron chi connectivity index (χ1n) is 9.60. The summed E-state index contributed by atoms with van der Waals surface area (Å²) in [4.78, 5) is 8.49. The van der Waals surface area contributed by atoms with Crippen LogP contribution in [0.4, 0.5) is 0 Å². The van der Waals surface area contributed by atoms with Crippen molar-refractivity contribution in [1.29, 1.82) is 0 Å². The van der Waals surface area contributed by atoms with Crippen LogP contribution < -0.4 is 0 Å². The number of rotatable bonds is 3. The Labute approximate surface area is 158 Å². The minimum absolute atomic E-state index is 0.324. The molecule has 0 spiro atoms. The minimum Gasteiger partial charge on any atom is -0.379 e. The Hall–Kier alpha value is -2.85. The van der Waals surface area contributed by atoms with Crippen molar-refractivity contribution < 1.29 is 4.74 Å². The Morgan fingerprint density at radius 1 is 1.07 bits per heavy atom. The van der Waals surface area contributed by atoms with Crippen molar-refractivity contribution in [2.45, 2.75) is 25.8 Å². The molecule has 4 nitrogen and oxygen atoms in total. The molecule has 4 aromatic rings. The second kappa shape index (κ2) is 6.71. The zero-order chi connectivity index (χ0) is 18.2. The first-order chi connectivity index (χ1) is 13.3. The highest BCUT2D eigenvalue weighted by molar-refractivity contribution is 5.92. The summed E-state index contributed by atoms with van der Waals surface area (Å²) in [6, 6.07) is 19.3. The van der Waals surface area contributed by atoms with E-state index in [0.29, 0.717) is 6.04 Å². The number of nitrogens with zero attached hydrogens (tertiary/aromatic N) is 2. The molecule has 1 N–H and O–H groups in total. The van der Waals surface area contributed by atoms with Crippen molar-refractivity contribution in [2.24, 2.45) is 0 Å². The number of hydrogen-bond donors (Lipinski definition) is 1. The lowest BCUT2D eigenvalue weighted by molar-refractivity contribution is 0.0596. The van der Waals surface area contributed by atoms with Crippen molar-refractivity contribution in [3.05, 3.63) is 66.5 Å². The molecule has 1 atom stereocenters. The largest absolute Gasteiger partial charge is 0.379 e. The first kappa shape index (κ1) is 16.3. The third-order valence-electron chi connectivity index (χ3n) is 5.57. The van der Waals surface area contributed by atoms with Gasteiger partial charge in [0, 0.05) is 23.1 Å². The van der Waals surface area contributed by atoms with Crippen LogP contribution in [0.1, 0.15) is 24.4 Å². The Morgan fingerprint density at radius 3 is 2.67 bits per heavy atom. The summed E-state index contributed by atoms with van der Waals surface area (Å²) in [6.45, 7) is 3.80. The Morgan fingerprint density at radius 2 is 1.89 bits per heavy atom. The molecule has 2 aromatic carbocycles. The molecular weight excluding hydrogens is 334 g/mol. The second-order valence-electron chi connectivity index (χ2n) is 7.26. The number of H-pyrrole nitrogens is 1. The molecule has 27 heavy (non-hydrogen) atoms. The van der Waals surface area contributed by atoms with Gasteiger partial charge < -0.3 is 14.3 Å². The van der Waals surface area contributed by atoms with Crippen LogP contribution in [0.5, 0.6) is 0 Å². The number of fused-ring (bicyclic) bond motifs is 1. The van der Waals surface area contributed by atoms with Gasteiger partial charge in [0.15, 0.2) is 0 Å². The van der Waals surface area contributed by atoms with Gasteiger partial charge in [-0.1, -0.05) is 48.5 Å². The summed E-state index contributed by atoms with van der Waals surface area (Å²) in [5.41, 5.74) is 6.90. The molecule has 0 radical (unpaired) electrons. The highest BCUT2D eigenvalue weighted by Gasteiger charge is 2.25. The first-order valence-corrected chi connectivity index (χ1v) is 9.60. The van der Waals surface area contributed by atoms with Gasteiger partial charge in [0.25, 0.3) is 0 Å². The van der Waals surface area contributed by atoms with E-state index in [1.807, 2.05) is 12.4 Å². The standard InChI is InChI=1S/C23H23N3O/c1-16-19-11-5-6-12-20(19)25-21(16)23-22(17-8-3-2-4-9-17)24-15-26(23)18-10-7-13-27-14-18/h2-6,8-9,11-12,15,18,25H,7,10,13-14H2,1H3. The van der Waals surface area contributed by atoms with E-state index < -0.39 is 0 Å². The quantitative estimate of drug-likeness (QED) is 0.536. The minimum atomic E-state index is 0.324. The van der Waals surface area contributed by atoms with E-state index in [0.717, 1.165) is 54.2 Å². The summed E-state index contributed by atoms with van der Waals surface area (Å²) >= 11 is 0. The summed E-state index contributed by atoms with van der Waals surface area (Å²) < 4.78 is 8.09. The van der Waals surface area contributed by atoms with Crippen LogP contribution in [-0.4, -0.2) is 27.7 Å². The van der Waals surface area contributed by atoms with Crippen molar-refractivity contribution >= 4 is 10.9 Å². The SMILES string of the molecule is Cc1c(-c2c(-c3ccccc3)ncn2C2CCCOC2)[nH]c2ccccc12. The second-order valence-corrected chi connectivity index (χ2v) is 7.26. The molecule has 2 aromatic heterocycles. The molecular formula is C23H23N3O. The average Bonchev–Trinajstić information content (AvgIpc) is 3.31. The van der Waals surface area contributed by atoms with E-state index in [4.69, 9.17) is 9.72 Å². The number of aromatic nitrogens is 3. The number of imidazole rings is 1. The fourth-order valence-electron chi connectivity index (χ4n) is 4.15. The van der Waals surface area contributed by atoms with Gasteiger partial charge >= 0.3 is 0 Å². The van der Waals surface area contributed by atoms with Gasteiger partial charge in [-0.05, 0) is 31.4 Å². The Balaban J connectivity index is 1.74. The predicted octanol–water partition coefficient (Wildman–Crippen LogP) is 5.36. The average molecular weight is 357 g/mol. The van der Waals surface area contributed by atoms with Crippen LogP contribution in [0.25, 0.3) is 33.5 Å². The van der Waals surface area contributed by atoms with Crippen molar-refractivity contribution in [3.8, 4) is 22.6 Å². The van der Waals surface area contributed by atoms with Crippen molar-refractivity contribution in [1.82, 2.24) is 14.5 Å². The number of para-hydroxylation sites is 1. The van der Waals surface area contributed by atoms with E-state index in [1.165, 1.54) is 10.9 Å². The van der Waals surface area contributed by atoms with Gasteiger partial charge in [0.05, 0.1) is 36.1 Å². The molecule has 3 heterocycles. The van der Waals surface area contributed by atoms with Gasteiger partial charge in [-0.2, -0.15) is 0 Å². The van der Waals surface area contributed by atoms with Crippen LogP contribution in [0.2, 0.25) is 0 Å².